The molecule has 1 saturated heterocycles. The molecule has 4 aromatic rings. The van der Waals surface area contributed by atoms with Crippen molar-refractivity contribution in [2.45, 2.75) is 8.65 Å². The normalized spacial score (nSPS) is 27.4. The van der Waals surface area contributed by atoms with Crippen LogP contribution in [0.4, 0.5) is 17.1 Å². The molecule has 1 fully saturated rings. The molecule has 5 nitrogen and oxygen atoms in total. The Morgan fingerprint density at radius 1 is 0.541 bits per heavy atom. The molecule has 7 heteroatoms. The summed E-state index contributed by atoms with van der Waals surface area (Å²) >= 11 is 8.07. The fourth-order valence-electron chi connectivity index (χ4n) is 6.20. The second-order valence-electron chi connectivity index (χ2n) is 9.53. The first kappa shape index (κ1) is 22.8. The molecule has 1 aliphatic heterocycles. The van der Waals surface area contributed by atoms with Crippen LogP contribution in [0.25, 0.3) is 0 Å². The van der Waals surface area contributed by atoms with Crippen LogP contribution in [0.1, 0.15) is 22.3 Å². The molecule has 0 unspecified atom stereocenters. The number of amides is 2. The number of anilines is 1. The van der Waals surface area contributed by atoms with Crippen LogP contribution in [-0.2, 0) is 18.2 Å². The quantitative estimate of drug-likeness (QED) is 0.136. The Kier molecular flexibility index (Phi) is 4.94. The first-order valence-corrected chi connectivity index (χ1v) is 13.6. The van der Waals surface area contributed by atoms with E-state index < -0.39 is 20.5 Å². The molecule has 2 amide bonds. The third kappa shape index (κ3) is 2.95. The molecule has 1 heterocycles. The van der Waals surface area contributed by atoms with Crippen LogP contribution in [0.15, 0.2) is 113 Å². The van der Waals surface area contributed by atoms with Crippen LogP contribution >= 0.6 is 31.9 Å². The van der Waals surface area contributed by atoms with Crippen molar-refractivity contribution in [2.75, 3.05) is 4.90 Å². The summed E-state index contributed by atoms with van der Waals surface area (Å²) in [6.07, 6.45) is 0. The summed E-state index contributed by atoms with van der Waals surface area (Å²) in [4.78, 5) is 29.6. The van der Waals surface area contributed by atoms with Crippen molar-refractivity contribution in [3.8, 4) is 0 Å². The van der Waals surface area contributed by atoms with E-state index >= 15 is 0 Å². The van der Waals surface area contributed by atoms with Crippen LogP contribution in [0.3, 0.4) is 0 Å². The molecule has 4 aliphatic rings. The van der Waals surface area contributed by atoms with Gasteiger partial charge in [0.2, 0.25) is 11.8 Å². The van der Waals surface area contributed by atoms with Crippen molar-refractivity contribution in [3.63, 3.8) is 0 Å². The Morgan fingerprint density at radius 2 is 0.919 bits per heavy atom. The van der Waals surface area contributed by atoms with Crippen molar-refractivity contribution < 1.29 is 9.59 Å². The number of carbonyl (C=O) groups excluding carboxylic acids is 2. The SMILES string of the molecule is O=C1[C@@H]2[C@@H](C(=O)N1c1ccc(N=Nc3ccccc3)cc1)C1(Br)c3ccccc3C2(Br)c2ccccc21. The van der Waals surface area contributed by atoms with Gasteiger partial charge in [-0.15, -0.1) is 0 Å². The summed E-state index contributed by atoms with van der Waals surface area (Å²) in [6.45, 7) is 0. The van der Waals surface area contributed by atoms with Crippen LogP contribution < -0.4 is 4.90 Å². The molecule has 0 saturated carbocycles. The zero-order chi connectivity index (χ0) is 25.4. The van der Waals surface area contributed by atoms with E-state index in [9.17, 15) is 9.59 Å². The van der Waals surface area contributed by atoms with Crippen molar-refractivity contribution in [1.82, 2.24) is 0 Å². The van der Waals surface area contributed by atoms with E-state index in [1.54, 1.807) is 24.3 Å². The number of benzene rings is 4. The number of hydrogen-bond donors (Lipinski definition) is 0. The summed E-state index contributed by atoms with van der Waals surface area (Å²) in [5.41, 5.74) is 6.00. The minimum absolute atomic E-state index is 0.210. The number of alkyl halides is 2. The maximum absolute atomic E-state index is 14.1. The molecule has 8 rings (SSSR count). The molecule has 0 radical (unpaired) electrons. The van der Waals surface area contributed by atoms with E-state index in [1.165, 1.54) is 4.90 Å². The van der Waals surface area contributed by atoms with Crippen LogP contribution in [-0.4, -0.2) is 11.8 Å². The van der Waals surface area contributed by atoms with E-state index in [2.05, 4.69) is 66.4 Å². The van der Waals surface area contributed by atoms with Crippen molar-refractivity contribution in [1.29, 1.82) is 0 Å². The lowest BCUT2D eigenvalue weighted by molar-refractivity contribution is -0.122. The van der Waals surface area contributed by atoms with Gasteiger partial charge < -0.3 is 0 Å². The Bertz CT molecular complexity index is 1500. The maximum atomic E-state index is 14.1. The maximum Gasteiger partial charge on any atom is 0.239 e. The van der Waals surface area contributed by atoms with Gasteiger partial charge in [0.15, 0.2) is 0 Å². The number of imide groups is 1. The third-order valence-electron chi connectivity index (χ3n) is 7.73. The number of hydrogen-bond acceptors (Lipinski definition) is 4. The summed E-state index contributed by atoms with van der Waals surface area (Å²) in [7, 11) is 0. The van der Waals surface area contributed by atoms with Crippen LogP contribution in [0.5, 0.6) is 0 Å². The van der Waals surface area contributed by atoms with Gasteiger partial charge in [0.1, 0.15) is 0 Å². The van der Waals surface area contributed by atoms with Crippen molar-refractivity contribution in [3.05, 3.63) is 125 Å². The summed E-state index contributed by atoms with van der Waals surface area (Å²) in [5, 5.41) is 8.54. The molecule has 180 valence electrons. The van der Waals surface area contributed by atoms with E-state index in [1.807, 2.05) is 54.6 Å². The molecule has 0 N–H and O–H groups in total. The van der Waals surface area contributed by atoms with Gasteiger partial charge >= 0.3 is 0 Å². The predicted molar refractivity (Wildman–Crippen MR) is 149 cm³/mol. The lowest BCUT2D eigenvalue weighted by Gasteiger charge is -2.55. The molecule has 2 atom stereocenters. The van der Waals surface area contributed by atoms with Gasteiger partial charge in [-0.05, 0) is 58.7 Å². The first-order valence-electron chi connectivity index (χ1n) is 12.0. The van der Waals surface area contributed by atoms with Crippen LogP contribution in [0.2, 0.25) is 0 Å². The average Bonchev–Trinajstić information content (AvgIpc) is 3.22. The number of carbonyl (C=O) groups is 2. The highest BCUT2D eigenvalue weighted by Crippen LogP contribution is 2.70. The second kappa shape index (κ2) is 8.04. The van der Waals surface area contributed by atoms with Gasteiger partial charge in [-0.25, -0.2) is 4.90 Å². The fourth-order valence-corrected chi connectivity index (χ4v) is 8.50. The van der Waals surface area contributed by atoms with E-state index in [-0.39, 0.29) is 11.8 Å². The van der Waals surface area contributed by atoms with Gasteiger partial charge in [0.25, 0.3) is 0 Å². The molecule has 4 aromatic carbocycles. The highest BCUT2D eigenvalue weighted by atomic mass is 79.9. The Labute approximate surface area is 230 Å². The number of rotatable bonds is 3. The average molecular weight is 613 g/mol. The summed E-state index contributed by atoms with van der Waals surface area (Å²) in [5.74, 6) is -1.61. The zero-order valence-corrected chi connectivity index (χ0v) is 22.6. The minimum Gasteiger partial charge on any atom is -0.274 e. The first-order chi connectivity index (χ1) is 18.0. The molecule has 0 spiro atoms. The van der Waals surface area contributed by atoms with Crippen molar-refractivity contribution in [2.24, 2.45) is 22.1 Å². The van der Waals surface area contributed by atoms with Gasteiger partial charge in [0.05, 0.1) is 37.5 Å². The summed E-state index contributed by atoms with van der Waals surface area (Å²) < 4.78 is -1.60. The van der Waals surface area contributed by atoms with Gasteiger partial charge in [0, 0.05) is 0 Å². The molecule has 0 aromatic heterocycles. The highest BCUT2D eigenvalue weighted by molar-refractivity contribution is 9.10. The highest BCUT2D eigenvalue weighted by Gasteiger charge is 2.72. The lowest BCUT2D eigenvalue weighted by Crippen LogP contribution is -2.56. The van der Waals surface area contributed by atoms with E-state index in [0.717, 1.165) is 27.9 Å². The molecule has 2 bridgehead atoms. The number of azo groups is 1. The van der Waals surface area contributed by atoms with Gasteiger partial charge in [-0.2, -0.15) is 10.2 Å². The standard InChI is InChI=1S/C30H19Br2N3O2/c31-29-21-10-4-5-11-22(21)30(32,24-13-7-6-12-23(24)29)26-25(29)27(36)35(28(26)37)20-16-14-19(15-17-20)34-33-18-8-2-1-3-9-18/h1-17,25-26H/t25-,26-,29?,30?/m0/s1. The Hall–Kier alpha value is -3.42. The monoisotopic (exact) mass is 611 g/mol. The van der Waals surface area contributed by atoms with Gasteiger partial charge in [-0.1, -0.05) is 98.6 Å². The molecular formula is C30H19Br2N3O2. The van der Waals surface area contributed by atoms with Gasteiger partial charge in [-0.3, -0.25) is 9.59 Å². The molecule has 3 aliphatic carbocycles. The molecule has 37 heavy (non-hydrogen) atoms. The minimum atomic E-state index is -0.800. The Balaban J connectivity index is 1.31. The molecular weight excluding hydrogens is 594 g/mol. The largest absolute Gasteiger partial charge is 0.274 e. The zero-order valence-electron chi connectivity index (χ0n) is 19.4. The topological polar surface area (TPSA) is 62.1 Å². The van der Waals surface area contributed by atoms with E-state index in [4.69, 9.17) is 0 Å². The Morgan fingerprint density at radius 3 is 1.35 bits per heavy atom. The smallest absolute Gasteiger partial charge is 0.239 e. The predicted octanol–water partition coefficient (Wildman–Crippen LogP) is 7.51. The number of halogens is 2. The van der Waals surface area contributed by atoms with Crippen LogP contribution in [0, 0.1) is 11.8 Å². The second-order valence-corrected chi connectivity index (χ2v) is 12.0. The number of nitrogens with zero attached hydrogens (tertiary/aromatic N) is 3. The van der Waals surface area contributed by atoms with Crippen molar-refractivity contribution >= 4 is 60.7 Å². The third-order valence-corrected chi connectivity index (χ3v) is 10.4. The van der Waals surface area contributed by atoms with E-state index in [0.29, 0.717) is 11.4 Å². The lowest BCUT2D eigenvalue weighted by atomic mass is 9.54. The summed E-state index contributed by atoms with van der Waals surface area (Å²) in [6, 6.07) is 32.7. The fraction of sp³-hybridized carbons (Fsp3) is 0.133.